The lowest BCUT2D eigenvalue weighted by molar-refractivity contribution is 0.443. The highest BCUT2D eigenvalue weighted by atomic mass is 14.2. The van der Waals surface area contributed by atoms with E-state index >= 15 is 0 Å². The van der Waals surface area contributed by atoms with Gasteiger partial charge in [0.2, 0.25) is 0 Å². The van der Waals surface area contributed by atoms with Crippen LogP contribution < -0.4 is 0 Å². The van der Waals surface area contributed by atoms with E-state index in [1.807, 2.05) is 12.1 Å². The van der Waals surface area contributed by atoms with Crippen molar-refractivity contribution in [3.63, 3.8) is 0 Å². The average Bonchev–Trinajstić information content (AvgIpc) is 2.39. The molecule has 1 saturated carbocycles. The quantitative estimate of drug-likeness (QED) is 0.617. The zero-order valence-corrected chi connectivity index (χ0v) is 9.50. The van der Waals surface area contributed by atoms with Crippen LogP contribution in [0.3, 0.4) is 0 Å². The maximum Gasteiger partial charge on any atom is 0.0278 e. The van der Waals surface area contributed by atoms with Crippen molar-refractivity contribution in [1.29, 1.82) is 0 Å². The molecule has 0 heterocycles. The second-order valence-electron chi connectivity index (χ2n) is 4.43. The van der Waals surface area contributed by atoms with Gasteiger partial charge in [0.25, 0.3) is 0 Å². The van der Waals surface area contributed by atoms with Crippen LogP contribution in [0.1, 0.15) is 54.7 Å². The van der Waals surface area contributed by atoms with Gasteiger partial charge in [-0.3, -0.25) is 0 Å². The maximum atomic E-state index is 5.55. The molecule has 0 atom stereocenters. The lowest BCUT2D eigenvalue weighted by Crippen LogP contribution is -2.06. The van der Waals surface area contributed by atoms with Gasteiger partial charge < -0.3 is 0 Å². The molecule has 0 aromatic heterocycles. The Morgan fingerprint density at radius 1 is 1.00 bits per heavy atom. The van der Waals surface area contributed by atoms with Crippen molar-refractivity contribution >= 4 is 0 Å². The fourth-order valence-corrected chi connectivity index (χ4v) is 2.54. The van der Waals surface area contributed by atoms with E-state index in [1.165, 1.54) is 37.7 Å². The summed E-state index contributed by atoms with van der Waals surface area (Å²) in [5.41, 5.74) is 3.25. The molecule has 0 spiro atoms. The second-order valence-corrected chi connectivity index (χ2v) is 4.43. The average molecular weight is 208 g/mol. The number of terminal acetylenes is 2. The van der Waals surface area contributed by atoms with Gasteiger partial charge in [0, 0.05) is 11.1 Å². The second kappa shape index (κ2) is 4.91. The SMILES string of the molecule is C#Cc1ccc(C#C)c(C2CCCCC2)c1. The molecule has 0 N–H and O–H groups in total. The molecule has 0 heteroatoms. The van der Waals surface area contributed by atoms with Crippen LogP contribution in [0.25, 0.3) is 0 Å². The molecule has 1 aromatic carbocycles. The summed E-state index contributed by atoms with van der Waals surface area (Å²) in [5.74, 6) is 6.08. The molecule has 16 heavy (non-hydrogen) atoms. The van der Waals surface area contributed by atoms with Crippen molar-refractivity contribution in [2.45, 2.75) is 38.0 Å². The van der Waals surface area contributed by atoms with Crippen LogP contribution in [0.15, 0.2) is 18.2 Å². The Morgan fingerprint density at radius 3 is 2.38 bits per heavy atom. The van der Waals surface area contributed by atoms with E-state index in [4.69, 9.17) is 12.8 Å². The van der Waals surface area contributed by atoms with Gasteiger partial charge >= 0.3 is 0 Å². The van der Waals surface area contributed by atoms with E-state index in [1.54, 1.807) is 0 Å². The fraction of sp³-hybridized carbons (Fsp3) is 0.375. The number of hydrogen-bond donors (Lipinski definition) is 0. The molecule has 0 aliphatic heterocycles. The van der Waals surface area contributed by atoms with Gasteiger partial charge in [-0.05, 0) is 42.5 Å². The van der Waals surface area contributed by atoms with Crippen molar-refractivity contribution in [3.05, 3.63) is 34.9 Å². The summed E-state index contributed by atoms with van der Waals surface area (Å²) in [7, 11) is 0. The number of rotatable bonds is 1. The van der Waals surface area contributed by atoms with Crippen LogP contribution in [0.4, 0.5) is 0 Å². The van der Waals surface area contributed by atoms with Gasteiger partial charge in [-0.15, -0.1) is 12.8 Å². The summed E-state index contributed by atoms with van der Waals surface area (Å²) in [6.07, 6.45) is 17.5. The first-order chi connectivity index (χ1) is 7.85. The van der Waals surface area contributed by atoms with Crippen molar-refractivity contribution in [2.75, 3.05) is 0 Å². The van der Waals surface area contributed by atoms with Gasteiger partial charge in [0.1, 0.15) is 0 Å². The van der Waals surface area contributed by atoms with Gasteiger partial charge in [-0.2, -0.15) is 0 Å². The Bertz CT molecular complexity index is 448. The van der Waals surface area contributed by atoms with E-state index in [-0.39, 0.29) is 0 Å². The van der Waals surface area contributed by atoms with E-state index in [0.717, 1.165) is 11.1 Å². The highest BCUT2D eigenvalue weighted by Gasteiger charge is 2.18. The first kappa shape index (κ1) is 10.8. The van der Waals surface area contributed by atoms with Gasteiger partial charge in [0.05, 0.1) is 0 Å². The Morgan fingerprint density at radius 2 is 1.75 bits per heavy atom. The normalized spacial score (nSPS) is 16.4. The third-order valence-corrected chi connectivity index (χ3v) is 3.42. The minimum Gasteiger partial charge on any atom is -0.115 e. The fourth-order valence-electron chi connectivity index (χ4n) is 2.54. The zero-order valence-electron chi connectivity index (χ0n) is 9.50. The summed E-state index contributed by atoms with van der Waals surface area (Å²) in [4.78, 5) is 0. The third-order valence-electron chi connectivity index (χ3n) is 3.42. The summed E-state index contributed by atoms with van der Waals surface area (Å²) in [6, 6.07) is 6.02. The van der Waals surface area contributed by atoms with E-state index in [2.05, 4.69) is 17.9 Å². The first-order valence-electron chi connectivity index (χ1n) is 5.92. The monoisotopic (exact) mass is 208 g/mol. The molecule has 80 valence electrons. The van der Waals surface area contributed by atoms with Crippen molar-refractivity contribution in [2.24, 2.45) is 0 Å². The topological polar surface area (TPSA) is 0 Å². The van der Waals surface area contributed by atoms with Crippen LogP contribution in [0.5, 0.6) is 0 Å². The molecule has 0 bridgehead atoms. The largest absolute Gasteiger partial charge is 0.115 e. The predicted molar refractivity (Wildman–Crippen MR) is 68.1 cm³/mol. The van der Waals surface area contributed by atoms with E-state index < -0.39 is 0 Å². The molecule has 0 amide bonds. The van der Waals surface area contributed by atoms with Gasteiger partial charge in [-0.25, -0.2) is 0 Å². The Hall–Kier alpha value is -1.66. The molecule has 1 fully saturated rings. The summed E-state index contributed by atoms with van der Waals surface area (Å²) in [6.45, 7) is 0. The smallest absolute Gasteiger partial charge is 0.0278 e. The highest BCUT2D eigenvalue weighted by Crippen LogP contribution is 2.34. The minimum atomic E-state index is 0.619. The zero-order chi connectivity index (χ0) is 11.4. The van der Waals surface area contributed by atoms with Crippen molar-refractivity contribution < 1.29 is 0 Å². The Balaban J connectivity index is 2.37. The molecule has 1 aliphatic carbocycles. The standard InChI is InChI=1S/C16H16/c1-3-13-10-11-14(4-2)16(12-13)15-8-6-5-7-9-15/h1-2,10-12,15H,5-9H2. The molecule has 0 unspecified atom stereocenters. The van der Waals surface area contributed by atoms with Crippen LogP contribution in [0.2, 0.25) is 0 Å². The van der Waals surface area contributed by atoms with Crippen LogP contribution >= 0.6 is 0 Å². The summed E-state index contributed by atoms with van der Waals surface area (Å²) >= 11 is 0. The molecular weight excluding hydrogens is 192 g/mol. The summed E-state index contributed by atoms with van der Waals surface area (Å²) < 4.78 is 0. The molecule has 0 radical (unpaired) electrons. The van der Waals surface area contributed by atoms with Crippen LogP contribution in [0, 0.1) is 24.7 Å². The Labute approximate surface area is 98.1 Å². The molecular formula is C16H16. The van der Waals surface area contributed by atoms with Crippen molar-refractivity contribution in [3.8, 4) is 24.7 Å². The lowest BCUT2D eigenvalue weighted by Gasteiger charge is -2.23. The Kier molecular flexibility index (Phi) is 3.33. The van der Waals surface area contributed by atoms with Crippen LogP contribution in [-0.2, 0) is 0 Å². The molecule has 1 aliphatic rings. The third kappa shape index (κ3) is 2.12. The van der Waals surface area contributed by atoms with Gasteiger partial charge in [-0.1, -0.05) is 31.1 Å². The first-order valence-corrected chi connectivity index (χ1v) is 5.92. The minimum absolute atomic E-state index is 0.619. The van der Waals surface area contributed by atoms with E-state index in [9.17, 15) is 0 Å². The maximum absolute atomic E-state index is 5.55. The highest BCUT2D eigenvalue weighted by molar-refractivity contribution is 5.48. The van der Waals surface area contributed by atoms with E-state index in [0.29, 0.717) is 5.92 Å². The van der Waals surface area contributed by atoms with Crippen LogP contribution in [-0.4, -0.2) is 0 Å². The number of benzene rings is 1. The molecule has 2 rings (SSSR count). The molecule has 0 saturated heterocycles. The van der Waals surface area contributed by atoms with Crippen molar-refractivity contribution in [1.82, 2.24) is 0 Å². The number of hydrogen-bond acceptors (Lipinski definition) is 0. The lowest BCUT2D eigenvalue weighted by atomic mass is 9.81. The molecule has 0 nitrogen and oxygen atoms in total. The summed E-state index contributed by atoms with van der Waals surface area (Å²) in [5, 5.41) is 0. The predicted octanol–water partition coefficient (Wildman–Crippen LogP) is 3.70. The van der Waals surface area contributed by atoms with Gasteiger partial charge in [0.15, 0.2) is 0 Å². The molecule has 1 aromatic rings.